The topological polar surface area (TPSA) is 43.7 Å². The van der Waals surface area contributed by atoms with Gasteiger partial charge in [-0.2, -0.15) is 0 Å². The number of para-hydroxylation sites is 1. The van der Waals surface area contributed by atoms with Gasteiger partial charge in [-0.25, -0.2) is 0 Å². The molecule has 1 aromatic heterocycles. The van der Waals surface area contributed by atoms with Gasteiger partial charge < -0.3 is 18.9 Å². The third kappa shape index (κ3) is 3.38. The van der Waals surface area contributed by atoms with Crippen molar-refractivity contribution in [3.63, 3.8) is 0 Å². The fourth-order valence-electron chi connectivity index (χ4n) is 4.25. The molecule has 3 heterocycles. The summed E-state index contributed by atoms with van der Waals surface area (Å²) in [7, 11) is 0. The van der Waals surface area contributed by atoms with Crippen LogP contribution in [0.4, 0.5) is 0 Å². The molecular formula is C21H28N2O3. The summed E-state index contributed by atoms with van der Waals surface area (Å²) in [6.45, 7) is 5.99. The smallest absolute Gasteiger partial charge is 0.222 e. The van der Waals surface area contributed by atoms with E-state index in [1.807, 2.05) is 4.90 Å². The number of carbonyl (C=O) groups excluding carboxylic acids is 1. The first-order chi connectivity index (χ1) is 12.7. The van der Waals surface area contributed by atoms with Crippen LogP contribution in [-0.2, 0) is 27.2 Å². The molecule has 0 bridgehead atoms. The molecule has 0 N–H and O–H groups in total. The predicted octanol–water partition coefficient (Wildman–Crippen LogP) is 3.35. The number of benzene rings is 1. The number of aryl methyl sites for hydroxylation is 2. The summed E-state index contributed by atoms with van der Waals surface area (Å²) in [5.41, 5.74) is 2.63. The Kier molecular flexibility index (Phi) is 5.00. The largest absolute Gasteiger partial charge is 0.347 e. The van der Waals surface area contributed by atoms with Crippen molar-refractivity contribution < 1.29 is 14.3 Å². The van der Waals surface area contributed by atoms with Gasteiger partial charge in [0.05, 0.1) is 13.2 Å². The Morgan fingerprint density at radius 1 is 1.15 bits per heavy atom. The molecule has 0 radical (unpaired) electrons. The van der Waals surface area contributed by atoms with E-state index >= 15 is 0 Å². The molecule has 2 aliphatic heterocycles. The number of amides is 1. The first-order valence-electron chi connectivity index (χ1n) is 9.83. The van der Waals surface area contributed by atoms with Gasteiger partial charge in [-0.1, -0.05) is 18.2 Å². The maximum absolute atomic E-state index is 12.6. The van der Waals surface area contributed by atoms with Crippen molar-refractivity contribution in [1.82, 2.24) is 9.47 Å². The van der Waals surface area contributed by atoms with E-state index in [4.69, 9.17) is 9.47 Å². The number of rotatable bonds is 5. The third-order valence-electron chi connectivity index (χ3n) is 5.74. The normalized spacial score (nSPS) is 19.5. The SMILES string of the molecule is CCn1cc(CCCC(=O)N2CCC3(CC2)OCCO3)c2ccccc21. The quantitative estimate of drug-likeness (QED) is 0.825. The minimum Gasteiger partial charge on any atom is -0.347 e. The highest BCUT2D eigenvalue weighted by atomic mass is 16.7. The van der Waals surface area contributed by atoms with Crippen LogP contribution in [0.5, 0.6) is 0 Å². The summed E-state index contributed by atoms with van der Waals surface area (Å²) >= 11 is 0. The van der Waals surface area contributed by atoms with Crippen LogP contribution < -0.4 is 0 Å². The van der Waals surface area contributed by atoms with Gasteiger partial charge in [-0.15, -0.1) is 0 Å². The Hall–Kier alpha value is -1.85. The molecule has 1 spiro atoms. The Morgan fingerprint density at radius 3 is 2.62 bits per heavy atom. The number of nitrogens with zero attached hydrogens (tertiary/aromatic N) is 2. The number of hydrogen-bond donors (Lipinski definition) is 0. The molecule has 1 aromatic carbocycles. The lowest BCUT2D eigenvalue weighted by Gasteiger charge is -2.37. The van der Waals surface area contributed by atoms with Gasteiger partial charge in [0.15, 0.2) is 5.79 Å². The van der Waals surface area contributed by atoms with Crippen LogP contribution in [0, 0.1) is 0 Å². The van der Waals surface area contributed by atoms with E-state index in [0.717, 1.165) is 45.3 Å². The van der Waals surface area contributed by atoms with E-state index in [2.05, 4.69) is 42.0 Å². The number of hydrogen-bond acceptors (Lipinski definition) is 3. The molecule has 140 valence electrons. The molecular weight excluding hydrogens is 328 g/mol. The van der Waals surface area contributed by atoms with E-state index < -0.39 is 5.79 Å². The summed E-state index contributed by atoms with van der Waals surface area (Å²) in [5, 5.41) is 1.32. The molecule has 0 unspecified atom stereocenters. The minimum atomic E-state index is -0.404. The lowest BCUT2D eigenvalue weighted by atomic mass is 10.0. The first-order valence-corrected chi connectivity index (χ1v) is 9.83. The summed E-state index contributed by atoms with van der Waals surface area (Å²) in [6.07, 6.45) is 6.29. The van der Waals surface area contributed by atoms with Gasteiger partial charge in [-0.3, -0.25) is 4.79 Å². The van der Waals surface area contributed by atoms with E-state index in [1.165, 1.54) is 16.5 Å². The van der Waals surface area contributed by atoms with Crippen LogP contribution in [-0.4, -0.2) is 47.5 Å². The molecule has 2 saturated heterocycles. The summed E-state index contributed by atoms with van der Waals surface area (Å²) in [4.78, 5) is 14.5. The van der Waals surface area contributed by atoms with Crippen LogP contribution in [0.3, 0.4) is 0 Å². The Bertz CT molecular complexity index is 767. The highest BCUT2D eigenvalue weighted by Gasteiger charge is 2.40. The zero-order valence-corrected chi connectivity index (χ0v) is 15.6. The third-order valence-corrected chi connectivity index (χ3v) is 5.74. The van der Waals surface area contributed by atoms with Crippen LogP contribution in [0.1, 0.15) is 38.2 Å². The van der Waals surface area contributed by atoms with Crippen LogP contribution in [0.2, 0.25) is 0 Å². The fraction of sp³-hybridized carbons (Fsp3) is 0.571. The van der Waals surface area contributed by atoms with Gasteiger partial charge in [0.2, 0.25) is 5.91 Å². The molecule has 5 nitrogen and oxygen atoms in total. The second-order valence-electron chi connectivity index (χ2n) is 7.30. The second-order valence-corrected chi connectivity index (χ2v) is 7.30. The average Bonchev–Trinajstić information content (AvgIpc) is 3.27. The predicted molar refractivity (Wildman–Crippen MR) is 101 cm³/mol. The Balaban J connectivity index is 1.30. The molecule has 0 aliphatic carbocycles. The van der Waals surface area contributed by atoms with Crippen LogP contribution >= 0.6 is 0 Å². The number of ether oxygens (including phenoxy) is 2. The van der Waals surface area contributed by atoms with Crippen LogP contribution in [0.25, 0.3) is 10.9 Å². The molecule has 2 aliphatic rings. The van der Waals surface area contributed by atoms with Crippen LogP contribution in [0.15, 0.2) is 30.5 Å². The van der Waals surface area contributed by atoms with E-state index in [9.17, 15) is 4.79 Å². The molecule has 26 heavy (non-hydrogen) atoms. The maximum Gasteiger partial charge on any atom is 0.222 e. The van der Waals surface area contributed by atoms with Crippen molar-refractivity contribution in [3.8, 4) is 0 Å². The van der Waals surface area contributed by atoms with E-state index in [0.29, 0.717) is 19.6 Å². The van der Waals surface area contributed by atoms with Crippen molar-refractivity contribution in [3.05, 3.63) is 36.0 Å². The Labute approximate surface area is 154 Å². The monoisotopic (exact) mass is 356 g/mol. The van der Waals surface area contributed by atoms with Gasteiger partial charge in [0.1, 0.15) is 0 Å². The second kappa shape index (κ2) is 7.41. The standard InChI is InChI=1S/C21H28N2O3/c1-2-22-16-17(18-7-3-4-8-19(18)22)6-5-9-20(24)23-12-10-21(11-13-23)25-14-15-26-21/h3-4,7-8,16H,2,5-6,9-15H2,1H3. The molecule has 1 amide bonds. The number of aromatic nitrogens is 1. The van der Waals surface area contributed by atoms with Crippen molar-refractivity contribution in [1.29, 1.82) is 0 Å². The highest BCUT2D eigenvalue weighted by Crippen LogP contribution is 2.31. The van der Waals surface area contributed by atoms with Gasteiger partial charge >= 0.3 is 0 Å². The molecule has 4 rings (SSSR count). The summed E-state index contributed by atoms with van der Waals surface area (Å²) in [6, 6.07) is 8.53. The van der Waals surface area contributed by atoms with Crippen molar-refractivity contribution >= 4 is 16.8 Å². The van der Waals surface area contributed by atoms with Gasteiger partial charge in [-0.05, 0) is 31.4 Å². The lowest BCUT2D eigenvalue weighted by molar-refractivity contribution is -0.187. The molecule has 5 heteroatoms. The molecule has 0 saturated carbocycles. The number of piperidine rings is 1. The molecule has 2 fully saturated rings. The van der Waals surface area contributed by atoms with Gasteiger partial charge in [0, 0.05) is 56.0 Å². The fourth-order valence-corrected chi connectivity index (χ4v) is 4.25. The first kappa shape index (κ1) is 17.6. The summed E-state index contributed by atoms with van der Waals surface area (Å²) in [5.74, 6) is -0.143. The molecule has 0 atom stereocenters. The summed E-state index contributed by atoms with van der Waals surface area (Å²) < 4.78 is 13.8. The van der Waals surface area contributed by atoms with Gasteiger partial charge in [0.25, 0.3) is 0 Å². The van der Waals surface area contributed by atoms with E-state index in [1.54, 1.807) is 0 Å². The lowest BCUT2D eigenvalue weighted by Crippen LogP contribution is -2.47. The zero-order valence-electron chi connectivity index (χ0n) is 15.6. The van der Waals surface area contributed by atoms with Crippen molar-refractivity contribution in [2.45, 2.75) is 51.4 Å². The average molecular weight is 356 g/mol. The molecule has 2 aromatic rings. The number of carbonyl (C=O) groups is 1. The van der Waals surface area contributed by atoms with E-state index in [-0.39, 0.29) is 5.91 Å². The minimum absolute atomic E-state index is 0.261. The number of fused-ring (bicyclic) bond motifs is 1. The number of likely N-dealkylation sites (tertiary alicyclic amines) is 1. The van der Waals surface area contributed by atoms with Crippen molar-refractivity contribution in [2.75, 3.05) is 26.3 Å². The highest BCUT2D eigenvalue weighted by molar-refractivity contribution is 5.84. The zero-order chi connectivity index (χ0) is 18.0. The maximum atomic E-state index is 12.6. The van der Waals surface area contributed by atoms with Crippen molar-refractivity contribution in [2.24, 2.45) is 0 Å². The Morgan fingerprint density at radius 2 is 1.88 bits per heavy atom.